The quantitative estimate of drug-likeness (QED) is 0.405. The van der Waals surface area contributed by atoms with E-state index in [0.29, 0.717) is 16.8 Å². The summed E-state index contributed by atoms with van der Waals surface area (Å²) in [6, 6.07) is 10.4. The number of benzene rings is 2. The van der Waals surface area contributed by atoms with Gasteiger partial charge in [0.2, 0.25) is 6.23 Å². The molecule has 0 amide bonds. The molecule has 0 aliphatic carbocycles. The highest BCUT2D eigenvalue weighted by atomic mass is 19.1. The fourth-order valence-corrected chi connectivity index (χ4v) is 2.89. The van der Waals surface area contributed by atoms with Crippen LogP contribution in [0.3, 0.4) is 0 Å². The molecule has 11 heteroatoms. The monoisotopic (exact) mass is 388 g/mol. The summed E-state index contributed by atoms with van der Waals surface area (Å²) in [7, 11) is 0. The zero-order valence-electron chi connectivity index (χ0n) is 14.2. The van der Waals surface area contributed by atoms with Crippen LogP contribution in [0.15, 0.2) is 53.6 Å². The van der Waals surface area contributed by atoms with Gasteiger partial charge in [-0.15, -0.1) is 10.1 Å². The number of carbonyl (C=O) groups excluding carboxylic acids is 1. The second-order valence-corrected chi connectivity index (χ2v) is 5.86. The maximum absolute atomic E-state index is 13.2. The number of halogens is 1. The molecule has 0 radical (unpaired) electrons. The first-order valence-corrected chi connectivity index (χ1v) is 8.01. The maximum atomic E-state index is 13.2. The van der Waals surface area contributed by atoms with Gasteiger partial charge in [-0.05, 0) is 23.3 Å². The molecule has 2 unspecified atom stereocenters. The van der Waals surface area contributed by atoms with Crippen LogP contribution in [0, 0.1) is 26.0 Å². The third-order valence-electron chi connectivity index (χ3n) is 4.18. The van der Waals surface area contributed by atoms with E-state index in [4.69, 9.17) is 0 Å². The summed E-state index contributed by atoms with van der Waals surface area (Å²) in [6.07, 6.45) is -1.14. The molecule has 1 aliphatic heterocycles. The lowest BCUT2D eigenvalue weighted by Crippen LogP contribution is -2.36. The molecule has 2 atom stereocenters. The largest absolute Gasteiger partial charge is 0.299 e. The molecule has 0 saturated carbocycles. The van der Waals surface area contributed by atoms with Gasteiger partial charge in [-0.1, -0.05) is 24.3 Å². The van der Waals surface area contributed by atoms with Crippen LogP contribution < -0.4 is 0 Å². The van der Waals surface area contributed by atoms with E-state index in [-0.39, 0.29) is 18.4 Å². The maximum Gasteiger partial charge on any atom is 0.297 e. The number of rotatable bonds is 7. The minimum atomic E-state index is -1.60. The van der Waals surface area contributed by atoms with Crippen molar-refractivity contribution in [3.8, 4) is 0 Å². The molecule has 2 aromatic carbocycles. The summed E-state index contributed by atoms with van der Waals surface area (Å²) >= 11 is 0. The molecular weight excluding hydrogens is 375 g/mol. The standard InChI is InChI=1S/C17H13FN4O6/c18-13-5-1-11(2-6-13)15-9-16(12-3-7-14(8-4-12)21(24)25)20(19-15)17(10-23)28-22(26)27/h1-8,10,16-17H,9H2. The van der Waals surface area contributed by atoms with Gasteiger partial charge >= 0.3 is 0 Å². The van der Waals surface area contributed by atoms with Gasteiger partial charge in [-0.3, -0.25) is 24.8 Å². The Hall–Kier alpha value is -3.89. The van der Waals surface area contributed by atoms with Crippen LogP contribution in [0.5, 0.6) is 0 Å². The van der Waals surface area contributed by atoms with E-state index in [0.717, 1.165) is 5.01 Å². The van der Waals surface area contributed by atoms with Crippen molar-refractivity contribution in [1.82, 2.24) is 5.01 Å². The summed E-state index contributed by atoms with van der Waals surface area (Å²) in [5.41, 5.74) is 1.45. The molecule has 0 fully saturated rings. The Balaban J connectivity index is 1.96. The van der Waals surface area contributed by atoms with Crippen LogP contribution in [0.25, 0.3) is 0 Å². The highest BCUT2D eigenvalue weighted by Gasteiger charge is 2.35. The summed E-state index contributed by atoms with van der Waals surface area (Å²) < 4.78 is 13.2. The zero-order valence-corrected chi connectivity index (χ0v) is 14.2. The molecule has 144 valence electrons. The first-order chi connectivity index (χ1) is 13.4. The van der Waals surface area contributed by atoms with Crippen molar-refractivity contribution in [2.75, 3.05) is 0 Å². The number of carbonyl (C=O) groups is 1. The number of nitro groups is 1. The lowest BCUT2D eigenvalue weighted by atomic mass is 9.98. The van der Waals surface area contributed by atoms with E-state index in [2.05, 4.69) is 9.94 Å². The third-order valence-corrected chi connectivity index (χ3v) is 4.18. The normalized spacial score (nSPS) is 17.0. The molecule has 0 aromatic heterocycles. The Bertz CT molecular complexity index is 932. The fourth-order valence-electron chi connectivity index (χ4n) is 2.89. The van der Waals surface area contributed by atoms with Crippen molar-refractivity contribution in [3.05, 3.63) is 85.7 Å². The summed E-state index contributed by atoms with van der Waals surface area (Å²) in [6.45, 7) is 0. The van der Waals surface area contributed by atoms with Crippen LogP contribution in [0.2, 0.25) is 0 Å². The van der Waals surface area contributed by atoms with Crippen LogP contribution >= 0.6 is 0 Å². The number of aldehydes is 1. The predicted molar refractivity (Wildman–Crippen MR) is 93.2 cm³/mol. The van der Waals surface area contributed by atoms with E-state index in [1.165, 1.54) is 48.5 Å². The summed E-state index contributed by atoms with van der Waals surface area (Å²) in [4.78, 5) is 36.8. The predicted octanol–water partition coefficient (Wildman–Crippen LogP) is 2.62. The Morgan fingerprint density at radius 2 is 1.79 bits per heavy atom. The van der Waals surface area contributed by atoms with Gasteiger partial charge < -0.3 is 0 Å². The van der Waals surface area contributed by atoms with Gasteiger partial charge in [0.15, 0.2) is 6.29 Å². The molecule has 1 heterocycles. The number of nitrogens with zero attached hydrogens (tertiary/aromatic N) is 4. The molecule has 2 aromatic rings. The minimum Gasteiger partial charge on any atom is -0.299 e. The third kappa shape index (κ3) is 3.92. The van der Waals surface area contributed by atoms with Crippen molar-refractivity contribution < 1.29 is 24.0 Å². The minimum absolute atomic E-state index is 0.124. The highest BCUT2D eigenvalue weighted by molar-refractivity contribution is 6.01. The second-order valence-electron chi connectivity index (χ2n) is 5.86. The number of hydrogen-bond donors (Lipinski definition) is 0. The van der Waals surface area contributed by atoms with Crippen molar-refractivity contribution in [3.63, 3.8) is 0 Å². The molecule has 0 N–H and O–H groups in total. The number of hydrogen-bond acceptors (Lipinski definition) is 8. The van der Waals surface area contributed by atoms with E-state index < -0.39 is 28.1 Å². The van der Waals surface area contributed by atoms with Crippen LogP contribution in [0.1, 0.15) is 23.6 Å². The summed E-state index contributed by atoms with van der Waals surface area (Å²) in [5.74, 6) is -0.437. The van der Waals surface area contributed by atoms with Crippen LogP contribution in [0.4, 0.5) is 10.1 Å². The van der Waals surface area contributed by atoms with Crippen LogP contribution in [-0.4, -0.2) is 33.2 Å². The molecule has 0 saturated heterocycles. The first kappa shape index (κ1) is 18.9. The topological polar surface area (TPSA) is 128 Å². The highest BCUT2D eigenvalue weighted by Crippen LogP contribution is 2.35. The van der Waals surface area contributed by atoms with E-state index in [1.54, 1.807) is 0 Å². The van der Waals surface area contributed by atoms with Crippen molar-refractivity contribution in [2.24, 2.45) is 5.10 Å². The average Bonchev–Trinajstić information content (AvgIpc) is 3.11. The molecule has 0 spiro atoms. The summed E-state index contributed by atoms with van der Waals surface area (Å²) in [5, 5.41) is 25.8. The van der Waals surface area contributed by atoms with Crippen molar-refractivity contribution >= 4 is 17.7 Å². The van der Waals surface area contributed by atoms with Gasteiger partial charge in [0, 0.05) is 18.6 Å². The van der Waals surface area contributed by atoms with Crippen LogP contribution in [-0.2, 0) is 9.63 Å². The molecule has 3 rings (SSSR count). The van der Waals surface area contributed by atoms with E-state index in [9.17, 15) is 29.4 Å². The first-order valence-electron chi connectivity index (χ1n) is 8.01. The second kappa shape index (κ2) is 7.78. The van der Waals surface area contributed by atoms with E-state index in [1.807, 2.05) is 0 Å². The molecule has 1 aliphatic rings. The van der Waals surface area contributed by atoms with Gasteiger partial charge in [0.1, 0.15) is 5.82 Å². The van der Waals surface area contributed by atoms with Gasteiger partial charge in [0.25, 0.3) is 10.8 Å². The average molecular weight is 388 g/mol. The number of hydrazone groups is 1. The Morgan fingerprint density at radius 1 is 1.14 bits per heavy atom. The van der Waals surface area contributed by atoms with Gasteiger partial charge in [-0.25, -0.2) is 4.39 Å². The molecular formula is C17H13FN4O6. The lowest BCUT2D eigenvalue weighted by Gasteiger charge is -2.27. The lowest BCUT2D eigenvalue weighted by molar-refractivity contribution is -0.770. The van der Waals surface area contributed by atoms with Gasteiger partial charge in [0.05, 0.1) is 16.7 Å². The molecule has 0 bridgehead atoms. The number of non-ortho nitro benzene ring substituents is 1. The SMILES string of the molecule is O=CC(O[N+](=O)[O-])N1N=C(c2ccc(F)cc2)CC1c1ccc([N+](=O)[O-])cc1. The fraction of sp³-hybridized carbons (Fsp3) is 0.176. The number of nitro benzene ring substituents is 1. The smallest absolute Gasteiger partial charge is 0.297 e. The van der Waals surface area contributed by atoms with Gasteiger partial charge in [-0.2, -0.15) is 5.10 Å². The molecule has 10 nitrogen and oxygen atoms in total. The Labute approximate surface area is 157 Å². The zero-order chi connectivity index (χ0) is 20.3. The van der Waals surface area contributed by atoms with Crippen molar-refractivity contribution in [2.45, 2.75) is 18.7 Å². The Morgan fingerprint density at radius 3 is 2.32 bits per heavy atom. The molecule has 28 heavy (non-hydrogen) atoms. The van der Waals surface area contributed by atoms with E-state index >= 15 is 0 Å². The van der Waals surface area contributed by atoms with Crippen molar-refractivity contribution in [1.29, 1.82) is 0 Å². The Kier molecular flexibility index (Phi) is 5.25.